The standard InChI is InChI=1S/C9H14N2O/c1-11-9(6-12)8(5-10-11)7-3-2-4-7/h5,7,12H,2-4,6H2,1H3. The lowest BCUT2D eigenvalue weighted by Gasteiger charge is -2.25. The van der Waals surface area contributed by atoms with Gasteiger partial charge < -0.3 is 5.11 Å². The molecule has 3 heteroatoms. The highest BCUT2D eigenvalue weighted by Gasteiger charge is 2.23. The predicted octanol–water partition coefficient (Wildman–Crippen LogP) is 1.18. The molecule has 1 aromatic heterocycles. The van der Waals surface area contributed by atoms with Crippen LogP contribution in [-0.4, -0.2) is 14.9 Å². The molecule has 0 atom stereocenters. The number of aliphatic hydroxyl groups excluding tert-OH is 1. The molecule has 0 amide bonds. The van der Waals surface area contributed by atoms with E-state index >= 15 is 0 Å². The zero-order valence-corrected chi connectivity index (χ0v) is 7.32. The van der Waals surface area contributed by atoms with Gasteiger partial charge in [-0.3, -0.25) is 4.68 Å². The summed E-state index contributed by atoms with van der Waals surface area (Å²) in [6, 6.07) is 0. The molecule has 1 N–H and O–H groups in total. The summed E-state index contributed by atoms with van der Waals surface area (Å²) >= 11 is 0. The summed E-state index contributed by atoms with van der Waals surface area (Å²) in [5.74, 6) is 0.667. The van der Waals surface area contributed by atoms with E-state index < -0.39 is 0 Å². The first-order valence-electron chi connectivity index (χ1n) is 4.44. The Morgan fingerprint density at radius 3 is 2.92 bits per heavy atom. The van der Waals surface area contributed by atoms with Crippen molar-refractivity contribution in [1.82, 2.24) is 9.78 Å². The quantitative estimate of drug-likeness (QED) is 0.716. The minimum absolute atomic E-state index is 0.113. The molecule has 12 heavy (non-hydrogen) atoms. The van der Waals surface area contributed by atoms with Crippen molar-refractivity contribution in [2.75, 3.05) is 0 Å². The third kappa shape index (κ3) is 1.05. The average Bonchev–Trinajstić information content (AvgIpc) is 2.29. The number of rotatable bonds is 2. The molecule has 1 fully saturated rings. The van der Waals surface area contributed by atoms with Gasteiger partial charge in [-0.15, -0.1) is 0 Å². The van der Waals surface area contributed by atoms with E-state index in [1.54, 1.807) is 4.68 Å². The molecule has 66 valence electrons. The summed E-state index contributed by atoms with van der Waals surface area (Å²) in [7, 11) is 1.88. The molecule has 3 nitrogen and oxygen atoms in total. The molecule has 0 unspecified atom stereocenters. The molecule has 0 aromatic carbocycles. The smallest absolute Gasteiger partial charge is 0.0852 e. The minimum atomic E-state index is 0.113. The summed E-state index contributed by atoms with van der Waals surface area (Å²) in [5, 5.41) is 13.2. The number of aliphatic hydroxyl groups is 1. The Bertz CT molecular complexity index is 276. The lowest BCUT2D eigenvalue weighted by molar-refractivity contribution is 0.266. The van der Waals surface area contributed by atoms with Gasteiger partial charge in [0.1, 0.15) is 0 Å². The van der Waals surface area contributed by atoms with E-state index in [1.807, 2.05) is 13.2 Å². The third-order valence-electron chi connectivity index (χ3n) is 2.79. The van der Waals surface area contributed by atoms with E-state index in [1.165, 1.54) is 24.8 Å². The Hall–Kier alpha value is -0.830. The van der Waals surface area contributed by atoms with Crippen molar-refractivity contribution in [2.24, 2.45) is 7.05 Å². The predicted molar refractivity (Wildman–Crippen MR) is 45.7 cm³/mol. The largest absolute Gasteiger partial charge is 0.390 e. The summed E-state index contributed by atoms with van der Waals surface area (Å²) < 4.78 is 1.77. The molecular formula is C9H14N2O. The first-order chi connectivity index (χ1) is 5.83. The van der Waals surface area contributed by atoms with Crippen LogP contribution < -0.4 is 0 Å². The maximum atomic E-state index is 9.10. The summed E-state index contributed by atoms with van der Waals surface area (Å²) in [6.45, 7) is 0.113. The zero-order chi connectivity index (χ0) is 8.55. The molecule has 0 spiro atoms. The maximum Gasteiger partial charge on any atom is 0.0852 e. The highest BCUT2D eigenvalue weighted by atomic mass is 16.3. The Balaban J connectivity index is 2.29. The summed E-state index contributed by atoms with van der Waals surface area (Å²) in [4.78, 5) is 0. The first-order valence-corrected chi connectivity index (χ1v) is 4.44. The van der Waals surface area contributed by atoms with Crippen LogP contribution in [0.15, 0.2) is 6.20 Å². The molecule has 0 radical (unpaired) electrons. The second kappa shape index (κ2) is 2.90. The van der Waals surface area contributed by atoms with Crippen molar-refractivity contribution in [3.05, 3.63) is 17.5 Å². The van der Waals surface area contributed by atoms with Crippen LogP contribution >= 0.6 is 0 Å². The van der Waals surface area contributed by atoms with Crippen LogP contribution in [0, 0.1) is 0 Å². The highest BCUT2D eigenvalue weighted by Crippen LogP contribution is 2.37. The molecule has 1 saturated carbocycles. The molecule has 0 saturated heterocycles. The van der Waals surface area contributed by atoms with Crippen LogP contribution in [-0.2, 0) is 13.7 Å². The van der Waals surface area contributed by atoms with Crippen molar-refractivity contribution >= 4 is 0 Å². The molecule has 0 aliphatic heterocycles. The fourth-order valence-corrected chi connectivity index (χ4v) is 1.73. The second-order valence-corrected chi connectivity index (χ2v) is 3.46. The molecular weight excluding hydrogens is 152 g/mol. The topological polar surface area (TPSA) is 38.0 Å². The minimum Gasteiger partial charge on any atom is -0.390 e. The average molecular weight is 166 g/mol. The van der Waals surface area contributed by atoms with Gasteiger partial charge in [-0.05, 0) is 24.3 Å². The van der Waals surface area contributed by atoms with E-state index in [2.05, 4.69) is 5.10 Å². The van der Waals surface area contributed by atoms with Gasteiger partial charge in [-0.1, -0.05) is 6.42 Å². The fourth-order valence-electron chi connectivity index (χ4n) is 1.73. The number of aryl methyl sites for hydroxylation is 1. The van der Waals surface area contributed by atoms with Crippen LogP contribution in [0.25, 0.3) is 0 Å². The number of hydrogen-bond donors (Lipinski definition) is 1. The molecule has 0 bridgehead atoms. The van der Waals surface area contributed by atoms with Crippen molar-refractivity contribution in [3.8, 4) is 0 Å². The number of nitrogens with zero attached hydrogens (tertiary/aromatic N) is 2. The van der Waals surface area contributed by atoms with Gasteiger partial charge in [-0.2, -0.15) is 5.10 Å². The van der Waals surface area contributed by atoms with Gasteiger partial charge in [0.25, 0.3) is 0 Å². The van der Waals surface area contributed by atoms with Crippen LogP contribution in [0.4, 0.5) is 0 Å². The lowest BCUT2D eigenvalue weighted by atomic mass is 9.80. The van der Waals surface area contributed by atoms with Crippen LogP contribution in [0.2, 0.25) is 0 Å². The van der Waals surface area contributed by atoms with Gasteiger partial charge in [0.2, 0.25) is 0 Å². The molecule has 1 aromatic rings. The van der Waals surface area contributed by atoms with Crippen LogP contribution in [0.1, 0.15) is 36.4 Å². The molecule has 2 rings (SSSR count). The van der Waals surface area contributed by atoms with Gasteiger partial charge in [0, 0.05) is 7.05 Å². The van der Waals surface area contributed by atoms with E-state index in [4.69, 9.17) is 5.11 Å². The number of hydrogen-bond acceptors (Lipinski definition) is 2. The molecule has 1 aliphatic rings. The van der Waals surface area contributed by atoms with E-state index in [9.17, 15) is 0 Å². The van der Waals surface area contributed by atoms with Gasteiger partial charge >= 0.3 is 0 Å². The Kier molecular flexibility index (Phi) is 1.89. The van der Waals surface area contributed by atoms with Crippen molar-refractivity contribution in [1.29, 1.82) is 0 Å². The number of aromatic nitrogens is 2. The first kappa shape index (κ1) is 7.80. The van der Waals surface area contributed by atoms with Crippen LogP contribution in [0.3, 0.4) is 0 Å². The van der Waals surface area contributed by atoms with Gasteiger partial charge in [0.15, 0.2) is 0 Å². The Morgan fingerprint density at radius 2 is 2.42 bits per heavy atom. The van der Waals surface area contributed by atoms with E-state index in [0.29, 0.717) is 5.92 Å². The monoisotopic (exact) mass is 166 g/mol. The fraction of sp³-hybridized carbons (Fsp3) is 0.667. The summed E-state index contributed by atoms with van der Waals surface area (Å²) in [5.41, 5.74) is 2.24. The lowest BCUT2D eigenvalue weighted by Crippen LogP contribution is -2.11. The summed E-state index contributed by atoms with van der Waals surface area (Å²) in [6.07, 6.45) is 5.75. The van der Waals surface area contributed by atoms with Crippen molar-refractivity contribution in [3.63, 3.8) is 0 Å². The van der Waals surface area contributed by atoms with Crippen molar-refractivity contribution < 1.29 is 5.11 Å². The van der Waals surface area contributed by atoms with E-state index in [0.717, 1.165) is 5.69 Å². The normalized spacial score (nSPS) is 17.8. The maximum absolute atomic E-state index is 9.10. The van der Waals surface area contributed by atoms with E-state index in [-0.39, 0.29) is 6.61 Å². The molecule has 1 heterocycles. The SMILES string of the molecule is Cn1ncc(C2CCC2)c1CO. The Morgan fingerprint density at radius 1 is 1.67 bits per heavy atom. The zero-order valence-electron chi connectivity index (χ0n) is 7.32. The van der Waals surface area contributed by atoms with Crippen LogP contribution in [0.5, 0.6) is 0 Å². The van der Waals surface area contributed by atoms with Gasteiger partial charge in [0.05, 0.1) is 18.5 Å². The second-order valence-electron chi connectivity index (χ2n) is 3.46. The third-order valence-corrected chi connectivity index (χ3v) is 2.79. The van der Waals surface area contributed by atoms with Gasteiger partial charge in [-0.25, -0.2) is 0 Å². The molecule has 1 aliphatic carbocycles. The van der Waals surface area contributed by atoms with Crippen molar-refractivity contribution in [2.45, 2.75) is 31.8 Å². The Labute approximate surface area is 72.0 Å². The highest BCUT2D eigenvalue weighted by molar-refractivity contribution is 5.23.